The van der Waals surface area contributed by atoms with Crippen molar-refractivity contribution in [2.24, 2.45) is 5.73 Å². The largest absolute Gasteiger partial charge is 0.505 e. The summed E-state index contributed by atoms with van der Waals surface area (Å²) in [6.45, 7) is 3.82. The molecule has 20 heavy (non-hydrogen) atoms. The number of anilines is 2. The van der Waals surface area contributed by atoms with E-state index in [2.05, 4.69) is 15.9 Å². The van der Waals surface area contributed by atoms with Gasteiger partial charge in [-0.2, -0.15) is 0 Å². The molecule has 2 rings (SSSR count). The quantitative estimate of drug-likeness (QED) is 0.798. The summed E-state index contributed by atoms with van der Waals surface area (Å²) in [5, 5.41) is 10.5. The van der Waals surface area contributed by atoms with Gasteiger partial charge in [0, 0.05) is 10.2 Å². The maximum Gasteiger partial charge on any atom is 0.175 e. The molecule has 3 N–H and O–H groups in total. The first-order valence-electron chi connectivity index (χ1n) is 6.05. The highest BCUT2D eigenvalue weighted by Gasteiger charge is 2.17. The molecule has 0 saturated carbocycles. The summed E-state index contributed by atoms with van der Waals surface area (Å²) in [6.07, 6.45) is 0. The number of aryl methyl sites for hydroxylation is 2. The molecule has 104 valence electrons. The number of benzene rings is 2. The van der Waals surface area contributed by atoms with Gasteiger partial charge in [-0.15, -0.1) is 0 Å². The van der Waals surface area contributed by atoms with E-state index in [4.69, 9.17) is 18.0 Å². The smallest absolute Gasteiger partial charge is 0.175 e. The van der Waals surface area contributed by atoms with E-state index in [0.717, 1.165) is 21.3 Å². The van der Waals surface area contributed by atoms with Gasteiger partial charge in [-0.25, -0.2) is 0 Å². The molecule has 0 bridgehead atoms. The van der Waals surface area contributed by atoms with E-state index in [-0.39, 0.29) is 10.9 Å². The number of hydrogen-bond donors (Lipinski definition) is 2. The van der Waals surface area contributed by atoms with Gasteiger partial charge in [0.1, 0.15) is 5.75 Å². The van der Waals surface area contributed by atoms with Gasteiger partial charge in [-0.05, 0) is 67.5 Å². The third kappa shape index (κ3) is 2.94. The fourth-order valence-electron chi connectivity index (χ4n) is 2.08. The zero-order chi connectivity index (χ0) is 14.9. The van der Waals surface area contributed by atoms with E-state index in [1.807, 2.05) is 50.2 Å². The molecule has 0 saturated heterocycles. The molecule has 0 spiro atoms. The second-order valence-electron chi connectivity index (χ2n) is 4.60. The third-order valence-electron chi connectivity index (χ3n) is 2.97. The summed E-state index contributed by atoms with van der Waals surface area (Å²) in [5.74, 6) is 0.186. The average Bonchev–Trinajstić information content (AvgIpc) is 2.37. The van der Waals surface area contributed by atoms with Crippen molar-refractivity contribution < 1.29 is 5.11 Å². The van der Waals surface area contributed by atoms with Crippen molar-refractivity contribution in [1.29, 1.82) is 0 Å². The monoisotopic (exact) mass is 350 g/mol. The standard InChI is InChI=1S/C15H15BrN2OS/c1-9-7-10(2)14(19)13(8-9)18(15(17)20)12-5-3-11(16)4-6-12/h3-8,19H,1-2H3,(H2,17,20). The van der Waals surface area contributed by atoms with Crippen molar-refractivity contribution in [3.05, 3.63) is 52.0 Å². The number of thiocarbonyl (C=S) groups is 1. The Morgan fingerprint density at radius 2 is 1.80 bits per heavy atom. The molecule has 0 atom stereocenters. The lowest BCUT2D eigenvalue weighted by atomic mass is 10.1. The topological polar surface area (TPSA) is 49.5 Å². The van der Waals surface area contributed by atoms with Gasteiger partial charge in [0.25, 0.3) is 0 Å². The summed E-state index contributed by atoms with van der Waals surface area (Å²) in [6, 6.07) is 11.4. The fraction of sp³-hybridized carbons (Fsp3) is 0.133. The molecule has 0 aliphatic rings. The van der Waals surface area contributed by atoms with E-state index in [9.17, 15) is 5.11 Å². The zero-order valence-corrected chi connectivity index (χ0v) is 13.6. The third-order valence-corrected chi connectivity index (χ3v) is 3.68. The lowest BCUT2D eigenvalue weighted by Gasteiger charge is -2.25. The zero-order valence-electron chi connectivity index (χ0n) is 11.2. The summed E-state index contributed by atoms with van der Waals surface area (Å²) in [7, 11) is 0. The van der Waals surface area contributed by atoms with Crippen LogP contribution < -0.4 is 10.6 Å². The first-order valence-corrected chi connectivity index (χ1v) is 7.25. The van der Waals surface area contributed by atoms with Crippen LogP contribution in [0.15, 0.2) is 40.9 Å². The van der Waals surface area contributed by atoms with Gasteiger partial charge >= 0.3 is 0 Å². The summed E-state index contributed by atoms with van der Waals surface area (Å²) >= 11 is 8.53. The van der Waals surface area contributed by atoms with Crippen LogP contribution in [0.1, 0.15) is 11.1 Å². The van der Waals surface area contributed by atoms with Crippen molar-refractivity contribution in [3.63, 3.8) is 0 Å². The van der Waals surface area contributed by atoms with Gasteiger partial charge in [-0.3, -0.25) is 4.90 Å². The number of phenols is 1. The predicted octanol–water partition coefficient (Wildman–Crippen LogP) is 4.15. The van der Waals surface area contributed by atoms with Gasteiger partial charge in [0.15, 0.2) is 5.11 Å². The Bertz CT molecular complexity index is 656. The van der Waals surface area contributed by atoms with E-state index >= 15 is 0 Å². The van der Waals surface area contributed by atoms with Crippen molar-refractivity contribution in [2.45, 2.75) is 13.8 Å². The van der Waals surface area contributed by atoms with E-state index in [1.165, 1.54) is 0 Å². The minimum Gasteiger partial charge on any atom is -0.505 e. The molecular formula is C15H15BrN2OS. The number of nitrogens with zero attached hydrogens (tertiary/aromatic N) is 1. The number of nitrogens with two attached hydrogens (primary N) is 1. The van der Waals surface area contributed by atoms with Crippen molar-refractivity contribution >= 4 is 44.6 Å². The van der Waals surface area contributed by atoms with Crippen LogP contribution in [0.3, 0.4) is 0 Å². The Balaban J connectivity index is 2.60. The second-order valence-corrected chi connectivity index (χ2v) is 5.93. The molecule has 2 aromatic carbocycles. The highest BCUT2D eigenvalue weighted by Crippen LogP contribution is 2.36. The number of rotatable bonds is 2. The number of aromatic hydroxyl groups is 1. The van der Waals surface area contributed by atoms with Crippen LogP contribution in [-0.2, 0) is 0 Å². The van der Waals surface area contributed by atoms with Gasteiger partial charge in [0.2, 0.25) is 0 Å². The van der Waals surface area contributed by atoms with Crippen LogP contribution in [-0.4, -0.2) is 10.2 Å². The predicted molar refractivity (Wildman–Crippen MR) is 90.6 cm³/mol. The molecule has 3 nitrogen and oxygen atoms in total. The highest BCUT2D eigenvalue weighted by molar-refractivity contribution is 9.10. The van der Waals surface area contributed by atoms with Crippen molar-refractivity contribution in [2.75, 3.05) is 4.90 Å². The Hall–Kier alpha value is -1.59. The molecule has 2 aromatic rings. The minimum absolute atomic E-state index is 0.186. The van der Waals surface area contributed by atoms with E-state index < -0.39 is 0 Å². The first kappa shape index (κ1) is 14.8. The van der Waals surface area contributed by atoms with Crippen LogP contribution in [0, 0.1) is 13.8 Å². The van der Waals surface area contributed by atoms with E-state index in [0.29, 0.717) is 5.69 Å². The van der Waals surface area contributed by atoms with Gasteiger partial charge in [-0.1, -0.05) is 22.0 Å². The second kappa shape index (κ2) is 5.81. The Kier molecular flexibility index (Phi) is 4.30. The maximum atomic E-state index is 10.3. The lowest BCUT2D eigenvalue weighted by molar-refractivity contribution is 0.472. The van der Waals surface area contributed by atoms with Gasteiger partial charge in [0.05, 0.1) is 5.69 Å². The number of phenolic OH excluding ortho intramolecular Hbond substituents is 1. The molecular weight excluding hydrogens is 336 g/mol. The minimum atomic E-state index is 0.186. The molecule has 0 fully saturated rings. The lowest BCUT2D eigenvalue weighted by Crippen LogP contribution is -2.31. The fourth-order valence-corrected chi connectivity index (χ4v) is 2.55. The summed E-state index contributed by atoms with van der Waals surface area (Å²) in [4.78, 5) is 1.66. The molecule has 0 aliphatic carbocycles. The van der Waals surface area contributed by atoms with Crippen molar-refractivity contribution in [1.82, 2.24) is 0 Å². The molecule has 0 aromatic heterocycles. The number of halogens is 1. The highest BCUT2D eigenvalue weighted by atomic mass is 79.9. The average molecular weight is 351 g/mol. The maximum absolute atomic E-state index is 10.3. The Labute approximate surface area is 132 Å². The molecule has 0 unspecified atom stereocenters. The van der Waals surface area contributed by atoms with E-state index in [1.54, 1.807) is 4.90 Å². The normalized spacial score (nSPS) is 10.3. The molecule has 0 amide bonds. The number of hydrogen-bond acceptors (Lipinski definition) is 2. The molecule has 0 radical (unpaired) electrons. The van der Waals surface area contributed by atoms with Crippen LogP contribution in [0.5, 0.6) is 5.75 Å². The SMILES string of the molecule is Cc1cc(C)c(O)c(N(C(N)=S)c2ccc(Br)cc2)c1. The van der Waals surface area contributed by atoms with Crippen LogP contribution in [0.25, 0.3) is 0 Å². The Morgan fingerprint density at radius 1 is 1.20 bits per heavy atom. The van der Waals surface area contributed by atoms with Crippen LogP contribution in [0.2, 0.25) is 0 Å². The van der Waals surface area contributed by atoms with Crippen LogP contribution in [0.4, 0.5) is 11.4 Å². The Morgan fingerprint density at radius 3 is 2.35 bits per heavy atom. The van der Waals surface area contributed by atoms with Crippen LogP contribution >= 0.6 is 28.1 Å². The molecule has 0 heterocycles. The molecule has 5 heteroatoms. The summed E-state index contributed by atoms with van der Waals surface area (Å²) < 4.78 is 0.966. The first-order chi connectivity index (χ1) is 9.40. The van der Waals surface area contributed by atoms with Crippen molar-refractivity contribution in [3.8, 4) is 5.75 Å². The van der Waals surface area contributed by atoms with Gasteiger partial charge < -0.3 is 10.8 Å². The summed E-state index contributed by atoms with van der Waals surface area (Å²) in [5.41, 5.74) is 9.07. The molecule has 0 aliphatic heterocycles.